The molecule has 9 heteroatoms. The first kappa shape index (κ1) is 24.9. The lowest BCUT2D eigenvalue weighted by Crippen LogP contribution is -2.53. The highest BCUT2D eigenvalue weighted by Crippen LogP contribution is 2.25. The molecule has 1 aliphatic rings. The van der Waals surface area contributed by atoms with Crippen molar-refractivity contribution in [3.63, 3.8) is 0 Å². The van der Waals surface area contributed by atoms with E-state index in [2.05, 4.69) is 10.6 Å². The van der Waals surface area contributed by atoms with Gasteiger partial charge in [0.05, 0.1) is 23.2 Å². The van der Waals surface area contributed by atoms with Gasteiger partial charge in [0.1, 0.15) is 6.04 Å². The van der Waals surface area contributed by atoms with Gasteiger partial charge in [0.15, 0.2) is 0 Å². The Morgan fingerprint density at radius 1 is 1.09 bits per heavy atom. The van der Waals surface area contributed by atoms with Crippen molar-refractivity contribution in [3.05, 3.63) is 64.1 Å². The number of amides is 3. The molecule has 33 heavy (non-hydrogen) atoms. The van der Waals surface area contributed by atoms with Crippen molar-refractivity contribution in [3.8, 4) is 0 Å². The van der Waals surface area contributed by atoms with Crippen molar-refractivity contribution in [1.82, 2.24) is 10.2 Å². The number of piperidine rings is 1. The summed E-state index contributed by atoms with van der Waals surface area (Å²) in [6, 6.07) is 12.9. The van der Waals surface area contributed by atoms with Crippen LogP contribution in [0.3, 0.4) is 0 Å². The van der Waals surface area contributed by atoms with E-state index in [0.29, 0.717) is 54.7 Å². The summed E-state index contributed by atoms with van der Waals surface area (Å²) in [4.78, 5) is 39.7. The Hall–Kier alpha value is -2.77. The molecule has 1 saturated heterocycles. The van der Waals surface area contributed by atoms with Gasteiger partial charge in [-0.1, -0.05) is 53.5 Å². The van der Waals surface area contributed by atoms with Crippen LogP contribution in [0.1, 0.15) is 25.3 Å². The smallest absolute Gasteiger partial charge is 0.319 e. The van der Waals surface area contributed by atoms with Crippen LogP contribution in [0.4, 0.5) is 10.5 Å². The van der Waals surface area contributed by atoms with Crippen molar-refractivity contribution in [2.24, 2.45) is 5.92 Å². The average molecular weight is 492 g/mol. The zero-order valence-corrected chi connectivity index (χ0v) is 19.9. The van der Waals surface area contributed by atoms with Crippen LogP contribution in [0, 0.1) is 5.92 Å². The minimum atomic E-state index is -0.780. The Morgan fingerprint density at radius 3 is 2.42 bits per heavy atom. The molecule has 2 N–H and O–H groups in total. The van der Waals surface area contributed by atoms with Crippen LogP contribution in [-0.4, -0.2) is 48.5 Å². The fraction of sp³-hybridized carbons (Fsp3) is 0.375. The molecule has 2 aromatic rings. The second-order valence-electron chi connectivity index (χ2n) is 7.82. The number of likely N-dealkylation sites (tertiary alicyclic amines) is 1. The van der Waals surface area contributed by atoms with Gasteiger partial charge in [-0.05, 0) is 43.5 Å². The van der Waals surface area contributed by atoms with Crippen LogP contribution in [0.2, 0.25) is 10.0 Å². The summed E-state index contributed by atoms with van der Waals surface area (Å²) >= 11 is 12.1. The van der Waals surface area contributed by atoms with Gasteiger partial charge in [0.2, 0.25) is 5.91 Å². The number of anilines is 1. The Morgan fingerprint density at radius 2 is 1.79 bits per heavy atom. The lowest BCUT2D eigenvalue weighted by atomic mass is 9.96. The molecule has 1 fully saturated rings. The molecule has 176 valence electrons. The van der Waals surface area contributed by atoms with Crippen LogP contribution in [0.25, 0.3) is 0 Å². The third-order valence-electron chi connectivity index (χ3n) is 5.49. The van der Waals surface area contributed by atoms with Crippen molar-refractivity contribution in [2.75, 3.05) is 25.0 Å². The van der Waals surface area contributed by atoms with Crippen LogP contribution in [-0.2, 0) is 20.7 Å². The first-order valence-electron chi connectivity index (χ1n) is 10.9. The number of hydrogen-bond donors (Lipinski definition) is 2. The lowest BCUT2D eigenvalue weighted by molar-refractivity contribution is -0.151. The molecular weight excluding hydrogens is 465 g/mol. The molecule has 1 atom stereocenters. The number of carbonyl (C=O) groups excluding carboxylic acids is 3. The zero-order chi connectivity index (χ0) is 23.8. The molecule has 0 spiro atoms. The third-order valence-corrected chi connectivity index (χ3v) is 6.04. The fourth-order valence-corrected chi connectivity index (χ4v) is 4.23. The predicted octanol–water partition coefficient (Wildman–Crippen LogP) is 4.53. The van der Waals surface area contributed by atoms with Crippen molar-refractivity contribution < 1.29 is 19.1 Å². The topological polar surface area (TPSA) is 87.7 Å². The molecular formula is C24H27Cl2N3O4. The van der Waals surface area contributed by atoms with E-state index in [1.54, 1.807) is 24.0 Å². The molecule has 7 nitrogen and oxygen atoms in total. The van der Waals surface area contributed by atoms with Crippen molar-refractivity contribution in [1.29, 1.82) is 0 Å². The number of ether oxygens (including phenoxy) is 1. The van der Waals surface area contributed by atoms with Crippen LogP contribution in [0.15, 0.2) is 48.5 Å². The number of hydrogen-bond acceptors (Lipinski definition) is 4. The molecule has 1 heterocycles. The highest BCUT2D eigenvalue weighted by Gasteiger charge is 2.32. The second-order valence-corrected chi connectivity index (χ2v) is 8.66. The molecule has 0 aromatic heterocycles. The van der Waals surface area contributed by atoms with Gasteiger partial charge in [-0.2, -0.15) is 0 Å². The molecule has 1 unspecified atom stereocenters. The lowest BCUT2D eigenvalue weighted by Gasteiger charge is -2.33. The number of halogens is 2. The predicted molar refractivity (Wildman–Crippen MR) is 128 cm³/mol. The molecule has 1 aliphatic heterocycles. The summed E-state index contributed by atoms with van der Waals surface area (Å²) < 4.78 is 5.10. The van der Waals surface area contributed by atoms with Gasteiger partial charge in [0.25, 0.3) is 0 Å². The van der Waals surface area contributed by atoms with E-state index in [4.69, 9.17) is 27.9 Å². The van der Waals surface area contributed by atoms with Crippen LogP contribution >= 0.6 is 23.2 Å². The third kappa shape index (κ3) is 7.11. The molecule has 3 amide bonds. The minimum absolute atomic E-state index is 0.196. The minimum Gasteiger partial charge on any atom is -0.466 e. The van der Waals surface area contributed by atoms with E-state index in [1.807, 2.05) is 30.3 Å². The summed E-state index contributed by atoms with van der Waals surface area (Å²) in [5, 5.41) is 6.21. The summed E-state index contributed by atoms with van der Waals surface area (Å²) in [6.07, 6.45) is 1.41. The van der Waals surface area contributed by atoms with Gasteiger partial charge in [-0.15, -0.1) is 0 Å². The maximum atomic E-state index is 13.3. The van der Waals surface area contributed by atoms with Crippen molar-refractivity contribution >= 4 is 46.8 Å². The number of urea groups is 1. The molecule has 3 rings (SSSR count). The van der Waals surface area contributed by atoms with Crippen LogP contribution < -0.4 is 10.6 Å². The number of benzene rings is 2. The second kappa shape index (κ2) is 11.9. The van der Waals surface area contributed by atoms with E-state index < -0.39 is 12.1 Å². The number of carbonyl (C=O) groups is 3. The highest BCUT2D eigenvalue weighted by atomic mass is 35.5. The van der Waals surface area contributed by atoms with Gasteiger partial charge in [-0.3, -0.25) is 9.59 Å². The van der Waals surface area contributed by atoms with E-state index >= 15 is 0 Å². The first-order chi connectivity index (χ1) is 15.9. The van der Waals surface area contributed by atoms with E-state index in [1.165, 1.54) is 6.07 Å². The maximum Gasteiger partial charge on any atom is 0.319 e. The molecule has 0 saturated carbocycles. The van der Waals surface area contributed by atoms with Crippen molar-refractivity contribution in [2.45, 2.75) is 32.2 Å². The molecule has 0 bridgehead atoms. The van der Waals surface area contributed by atoms with Gasteiger partial charge in [0, 0.05) is 24.5 Å². The highest BCUT2D eigenvalue weighted by molar-refractivity contribution is 6.36. The largest absolute Gasteiger partial charge is 0.466 e. The number of nitrogens with one attached hydrogen (secondary N) is 2. The zero-order valence-electron chi connectivity index (χ0n) is 18.4. The van der Waals surface area contributed by atoms with Gasteiger partial charge < -0.3 is 20.3 Å². The Kier molecular flexibility index (Phi) is 8.97. The number of nitrogens with zero attached hydrogens (tertiary/aromatic N) is 1. The SMILES string of the molecule is CCOC(=O)C1CCN(C(=O)C(Cc2ccccc2)NC(=O)Nc2ccc(Cl)cc2Cl)CC1. The van der Waals surface area contributed by atoms with E-state index in [0.717, 1.165) is 5.56 Å². The summed E-state index contributed by atoms with van der Waals surface area (Å²) in [6.45, 7) is 2.98. The quantitative estimate of drug-likeness (QED) is 0.557. The van der Waals surface area contributed by atoms with Gasteiger partial charge in [-0.25, -0.2) is 4.79 Å². The van der Waals surface area contributed by atoms with Gasteiger partial charge >= 0.3 is 12.0 Å². The summed E-state index contributed by atoms with van der Waals surface area (Å²) in [7, 11) is 0. The van der Waals surface area contributed by atoms with Crippen LogP contribution in [0.5, 0.6) is 0 Å². The Labute approximate surface area is 203 Å². The van der Waals surface area contributed by atoms with E-state index in [-0.39, 0.29) is 17.8 Å². The average Bonchev–Trinajstić information content (AvgIpc) is 2.81. The summed E-state index contributed by atoms with van der Waals surface area (Å²) in [5.41, 5.74) is 1.31. The molecule has 0 radical (unpaired) electrons. The maximum absolute atomic E-state index is 13.3. The number of esters is 1. The summed E-state index contributed by atoms with van der Waals surface area (Å²) in [5.74, 6) is -0.619. The molecule has 0 aliphatic carbocycles. The molecule has 2 aromatic carbocycles. The normalized spacial score (nSPS) is 14.9. The Bertz CT molecular complexity index is 979. The number of rotatable bonds is 7. The fourth-order valence-electron chi connectivity index (χ4n) is 3.77. The Balaban J connectivity index is 1.68. The monoisotopic (exact) mass is 491 g/mol. The first-order valence-corrected chi connectivity index (χ1v) is 11.6. The van der Waals surface area contributed by atoms with E-state index in [9.17, 15) is 14.4 Å². The standard InChI is InChI=1S/C24H27Cl2N3O4/c1-2-33-23(31)17-10-12-29(13-11-17)22(30)21(14-16-6-4-3-5-7-16)28-24(32)27-20-9-8-18(25)15-19(20)26/h3-9,15,17,21H,2,10-14H2,1H3,(H2,27,28,32).